The third-order valence-corrected chi connectivity index (χ3v) is 7.41. The summed E-state index contributed by atoms with van der Waals surface area (Å²) in [5, 5.41) is 4.09. The molecule has 1 aliphatic heterocycles. The Morgan fingerprint density at radius 2 is 1.82 bits per heavy atom. The van der Waals surface area contributed by atoms with E-state index in [-0.39, 0.29) is 17.2 Å². The molecule has 5 nitrogen and oxygen atoms in total. The molecule has 1 heterocycles. The van der Waals surface area contributed by atoms with E-state index in [2.05, 4.69) is 5.32 Å². The molecule has 34 heavy (non-hydrogen) atoms. The monoisotopic (exact) mass is 514 g/mol. The van der Waals surface area contributed by atoms with Crippen molar-refractivity contribution in [3.8, 4) is 5.75 Å². The zero-order chi connectivity index (χ0) is 24.1. The molecule has 3 aromatic rings. The molecule has 1 saturated heterocycles. The largest absolute Gasteiger partial charge is 0.492 e. The third-order valence-electron chi connectivity index (χ3n) is 5.49. The summed E-state index contributed by atoms with van der Waals surface area (Å²) in [4.78, 5) is 26.8. The van der Waals surface area contributed by atoms with E-state index in [1.807, 2.05) is 60.4 Å². The van der Waals surface area contributed by atoms with Crippen molar-refractivity contribution in [3.05, 3.63) is 99.0 Å². The van der Waals surface area contributed by atoms with Crippen LogP contribution in [0.25, 0.3) is 0 Å². The van der Waals surface area contributed by atoms with Crippen molar-refractivity contribution in [1.29, 1.82) is 0 Å². The van der Waals surface area contributed by atoms with Gasteiger partial charge in [-0.25, -0.2) is 0 Å². The smallest absolute Gasteiger partial charge is 0.251 e. The van der Waals surface area contributed by atoms with E-state index in [1.165, 1.54) is 0 Å². The lowest BCUT2D eigenvalue weighted by molar-refractivity contribution is -0.128. The number of carbonyl (C=O) groups is 2. The van der Waals surface area contributed by atoms with Crippen molar-refractivity contribution in [2.24, 2.45) is 0 Å². The van der Waals surface area contributed by atoms with Crippen molar-refractivity contribution in [2.75, 3.05) is 18.9 Å². The summed E-state index contributed by atoms with van der Waals surface area (Å²) in [5.41, 5.74) is 3.55. The van der Waals surface area contributed by atoms with Crippen molar-refractivity contribution in [2.45, 2.75) is 18.8 Å². The number of carbonyl (C=O) groups excluding carboxylic acids is 2. The lowest BCUT2D eigenvalue weighted by Gasteiger charge is -2.24. The Bertz CT molecular complexity index is 1170. The topological polar surface area (TPSA) is 58.6 Å². The number of halogens is 2. The molecule has 0 aromatic heterocycles. The van der Waals surface area contributed by atoms with Crippen molar-refractivity contribution < 1.29 is 14.3 Å². The summed E-state index contributed by atoms with van der Waals surface area (Å²) >= 11 is 13.7. The summed E-state index contributed by atoms with van der Waals surface area (Å²) in [6, 6.07) is 20.4. The molecule has 0 unspecified atom stereocenters. The number of hydrogen-bond donors (Lipinski definition) is 1. The highest BCUT2D eigenvalue weighted by Crippen LogP contribution is 2.39. The van der Waals surface area contributed by atoms with Crippen LogP contribution in [-0.4, -0.2) is 35.6 Å². The van der Waals surface area contributed by atoms with Crippen LogP contribution in [0.3, 0.4) is 0 Å². The normalized spacial score (nSPS) is 15.4. The molecule has 176 valence electrons. The van der Waals surface area contributed by atoms with Gasteiger partial charge in [-0.2, -0.15) is 0 Å². The Morgan fingerprint density at radius 1 is 1.09 bits per heavy atom. The van der Waals surface area contributed by atoms with Crippen LogP contribution in [0, 0.1) is 6.92 Å². The average molecular weight is 515 g/mol. The van der Waals surface area contributed by atoms with E-state index in [4.69, 9.17) is 27.9 Å². The number of thioether (sulfide) groups is 1. The average Bonchev–Trinajstić information content (AvgIpc) is 3.20. The molecule has 1 N–H and O–H groups in total. The highest BCUT2D eigenvalue weighted by molar-refractivity contribution is 8.00. The van der Waals surface area contributed by atoms with Gasteiger partial charge in [0.05, 0.1) is 12.3 Å². The Labute approximate surface area is 213 Å². The van der Waals surface area contributed by atoms with Gasteiger partial charge in [-0.3, -0.25) is 9.59 Å². The van der Waals surface area contributed by atoms with Gasteiger partial charge in [0.2, 0.25) is 5.91 Å². The fraction of sp³-hybridized carbons (Fsp3) is 0.231. The zero-order valence-corrected chi connectivity index (χ0v) is 20.9. The number of nitrogens with zero attached hydrogens (tertiary/aromatic N) is 1. The molecule has 2 amide bonds. The van der Waals surface area contributed by atoms with Crippen LogP contribution in [0.15, 0.2) is 66.7 Å². The van der Waals surface area contributed by atoms with Gasteiger partial charge in [0.1, 0.15) is 17.7 Å². The maximum absolute atomic E-state index is 12.5. The molecule has 1 aliphatic rings. The number of hydrogen-bond acceptors (Lipinski definition) is 4. The van der Waals surface area contributed by atoms with Gasteiger partial charge in [-0.15, -0.1) is 11.8 Å². The van der Waals surface area contributed by atoms with Crippen molar-refractivity contribution in [1.82, 2.24) is 10.2 Å². The second-order valence-corrected chi connectivity index (χ2v) is 9.86. The number of benzene rings is 3. The Morgan fingerprint density at radius 3 is 2.53 bits per heavy atom. The molecule has 0 bridgehead atoms. The molecular formula is C26H24Cl2N2O3S. The lowest BCUT2D eigenvalue weighted by Crippen LogP contribution is -2.28. The minimum absolute atomic E-state index is 0.0879. The van der Waals surface area contributed by atoms with Gasteiger partial charge >= 0.3 is 0 Å². The molecule has 3 aromatic carbocycles. The van der Waals surface area contributed by atoms with Crippen molar-refractivity contribution in [3.63, 3.8) is 0 Å². The molecule has 4 rings (SSSR count). The summed E-state index contributed by atoms with van der Waals surface area (Å²) in [5.74, 6) is 1.03. The van der Waals surface area contributed by atoms with Crippen LogP contribution in [0.1, 0.15) is 32.4 Å². The number of rotatable bonds is 8. The van der Waals surface area contributed by atoms with Gasteiger partial charge < -0.3 is 15.0 Å². The van der Waals surface area contributed by atoms with E-state index in [1.54, 1.807) is 30.0 Å². The molecule has 0 radical (unpaired) electrons. The molecule has 1 fully saturated rings. The predicted molar refractivity (Wildman–Crippen MR) is 138 cm³/mol. The zero-order valence-electron chi connectivity index (χ0n) is 18.6. The maximum Gasteiger partial charge on any atom is 0.251 e. The number of aryl methyl sites for hydroxylation is 1. The Hall–Kier alpha value is -2.67. The first-order valence-corrected chi connectivity index (χ1v) is 12.6. The quantitative estimate of drug-likeness (QED) is 0.381. The minimum Gasteiger partial charge on any atom is -0.492 e. The van der Waals surface area contributed by atoms with Crippen LogP contribution in [0.2, 0.25) is 10.0 Å². The third kappa shape index (κ3) is 6.06. The van der Waals surface area contributed by atoms with E-state index in [0.717, 1.165) is 16.7 Å². The second kappa shape index (κ2) is 11.2. The van der Waals surface area contributed by atoms with Crippen LogP contribution < -0.4 is 10.1 Å². The predicted octanol–water partition coefficient (Wildman–Crippen LogP) is 5.88. The summed E-state index contributed by atoms with van der Waals surface area (Å²) < 4.78 is 5.65. The van der Waals surface area contributed by atoms with Crippen molar-refractivity contribution >= 4 is 46.8 Å². The molecule has 0 saturated carbocycles. The molecular weight excluding hydrogens is 491 g/mol. The molecule has 8 heteroatoms. The van der Waals surface area contributed by atoms with E-state index in [0.29, 0.717) is 46.8 Å². The first kappa shape index (κ1) is 24.5. The van der Waals surface area contributed by atoms with E-state index < -0.39 is 0 Å². The molecule has 1 atom stereocenters. The molecule has 0 aliphatic carbocycles. The summed E-state index contributed by atoms with van der Waals surface area (Å²) in [7, 11) is 0. The van der Waals surface area contributed by atoms with Crippen LogP contribution >= 0.6 is 35.0 Å². The Balaban J connectivity index is 1.31. The van der Waals surface area contributed by atoms with E-state index >= 15 is 0 Å². The number of nitrogens with one attached hydrogen (secondary N) is 1. The number of amides is 2. The SMILES string of the molecule is Cc1ccc(OCCNC(=O)c2ccc([C@@H]3SCC(=O)N3Cc3ccc(Cl)cc3)cc2)cc1Cl. The lowest BCUT2D eigenvalue weighted by atomic mass is 10.1. The standard InChI is InChI=1S/C26H24Cl2N2O3S/c1-17-2-11-22(14-23(17)28)33-13-12-29-25(32)19-5-7-20(8-6-19)26-30(24(31)16-34-26)15-18-3-9-21(27)10-4-18/h2-11,14,26H,12-13,15-16H2,1H3,(H,29,32)/t26-/m0/s1. The van der Waals surface area contributed by atoms with Crippen LogP contribution in [0.5, 0.6) is 5.75 Å². The van der Waals surface area contributed by atoms with Gasteiger partial charge in [0.15, 0.2) is 0 Å². The minimum atomic E-state index is -0.176. The van der Waals surface area contributed by atoms with Crippen LogP contribution in [0.4, 0.5) is 0 Å². The van der Waals surface area contributed by atoms with Gasteiger partial charge in [0, 0.05) is 22.2 Å². The molecule has 0 spiro atoms. The highest BCUT2D eigenvalue weighted by atomic mass is 35.5. The van der Waals surface area contributed by atoms with Crippen LogP contribution in [-0.2, 0) is 11.3 Å². The van der Waals surface area contributed by atoms with Gasteiger partial charge in [-0.1, -0.05) is 53.5 Å². The Kier molecular flexibility index (Phi) is 8.03. The summed E-state index contributed by atoms with van der Waals surface area (Å²) in [6.07, 6.45) is 0. The fourth-order valence-electron chi connectivity index (χ4n) is 3.59. The van der Waals surface area contributed by atoms with Gasteiger partial charge in [-0.05, 0) is 60.0 Å². The second-order valence-electron chi connectivity index (χ2n) is 7.95. The fourth-order valence-corrected chi connectivity index (χ4v) is 5.07. The van der Waals surface area contributed by atoms with E-state index in [9.17, 15) is 9.59 Å². The van der Waals surface area contributed by atoms with Gasteiger partial charge in [0.25, 0.3) is 5.91 Å². The number of ether oxygens (including phenoxy) is 1. The maximum atomic E-state index is 12.5. The first-order chi connectivity index (χ1) is 16.4. The summed E-state index contributed by atoms with van der Waals surface area (Å²) in [6.45, 7) is 3.15. The highest BCUT2D eigenvalue weighted by Gasteiger charge is 2.32. The first-order valence-electron chi connectivity index (χ1n) is 10.8.